The summed E-state index contributed by atoms with van der Waals surface area (Å²) in [6.07, 6.45) is 0. The lowest BCUT2D eigenvalue weighted by Gasteiger charge is -2.07. The molecule has 1 aromatic heterocycles. The number of nitrogens with two attached hydrogens (primary N) is 1. The van der Waals surface area contributed by atoms with Gasteiger partial charge in [0, 0.05) is 23.2 Å². The van der Waals surface area contributed by atoms with E-state index in [2.05, 4.69) is 4.98 Å². The molecule has 16 heavy (non-hydrogen) atoms. The van der Waals surface area contributed by atoms with E-state index < -0.39 is 0 Å². The average molecular weight is 257 g/mol. The molecule has 0 aliphatic heterocycles. The number of ether oxygens (including phenoxy) is 1. The molecule has 2 rings (SSSR count). The van der Waals surface area contributed by atoms with E-state index in [9.17, 15) is 0 Å². The third-order valence-corrected chi connectivity index (χ3v) is 2.72. The molecule has 0 fully saturated rings. The van der Waals surface area contributed by atoms with Crippen LogP contribution in [0.25, 0.3) is 10.9 Å². The van der Waals surface area contributed by atoms with Gasteiger partial charge >= 0.3 is 0 Å². The van der Waals surface area contributed by atoms with Crippen LogP contribution in [-0.4, -0.2) is 12.1 Å². The van der Waals surface area contributed by atoms with Crippen LogP contribution in [0.5, 0.6) is 0 Å². The smallest absolute Gasteiger partial charge is 0.0914 e. The van der Waals surface area contributed by atoms with E-state index in [0.717, 1.165) is 11.1 Å². The van der Waals surface area contributed by atoms with Crippen LogP contribution in [0.2, 0.25) is 10.0 Å². The zero-order chi connectivity index (χ0) is 11.7. The third kappa shape index (κ3) is 2.07. The molecule has 3 nitrogen and oxygen atoms in total. The van der Waals surface area contributed by atoms with E-state index in [4.69, 9.17) is 33.7 Å². The minimum Gasteiger partial charge on any atom is -0.398 e. The number of hydrogen-bond acceptors (Lipinski definition) is 3. The summed E-state index contributed by atoms with van der Waals surface area (Å²) in [6.45, 7) is 0.402. The van der Waals surface area contributed by atoms with Crippen LogP contribution in [0.4, 0.5) is 5.69 Å². The van der Waals surface area contributed by atoms with Crippen LogP contribution >= 0.6 is 23.2 Å². The molecule has 0 unspecified atom stereocenters. The van der Waals surface area contributed by atoms with Crippen molar-refractivity contribution in [3.63, 3.8) is 0 Å². The first kappa shape index (κ1) is 11.5. The number of benzene rings is 1. The van der Waals surface area contributed by atoms with Crippen LogP contribution in [-0.2, 0) is 11.3 Å². The highest BCUT2D eigenvalue weighted by molar-refractivity contribution is 6.38. The van der Waals surface area contributed by atoms with Crippen molar-refractivity contribution in [2.75, 3.05) is 12.8 Å². The van der Waals surface area contributed by atoms with Gasteiger partial charge in [0.2, 0.25) is 0 Å². The van der Waals surface area contributed by atoms with E-state index in [1.54, 1.807) is 25.3 Å². The number of halogens is 2. The fourth-order valence-corrected chi connectivity index (χ4v) is 2.09. The molecule has 0 spiro atoms. The number of methoxy groups -OCH3 is 1. The molecule has 0 saturated carbocycles. The summed E-state index contributed by atoms with van der Waals surface area (Å²) < 4.78 is 5.01. The maximum Gasteiger partial charge on any atom is 0.0914 e. The Morgan fingerprint density at radius 1 is 1.31 bits per heavy atom. The lowest BCUT2D eigenvalue weighted by Crippen LogP contribution is -1.97. The van der Waals surface area contributed by atoms with Crippen LogP contribution < -0.4 is 5.73 Å². The monoisotopic (exact) mass is 256 g/mol. The number of hydrogen-bond donors (Lipinski definition) is 1. The standard InChI is InChI=1S/C11H10Cl2N2O/c1-16-5-7-4-10(14)8-2-6(12)3-9(13)11(8)15-7/h2-4H,5H2,1H3,(H2,14,15). The minimum atomic E-state index is 0.402. The molecule has 0 radical (unpaired) electrons. The second kappa shape index (κ2) is 4.45. The first-order valence-corrected chi connectivity index (χ1v) is 5.40. The number of aromatic nitrogens is 1. The molecule has 0 bridgehead atoms. The van der Waals surface area contributed by atoms with Gasteiger partial charge in [0.1, 0.15) is 0 Å². The van der Waals surface area contributed by atoms with Gasteiger partial charge in [-0.05, 0) is 18.2 Å². The molecule has 0 saturated heterocycles. The predicted molar refractivity (Wildman–Crippen MR) is 66.9 cm³/mol. The molecule has 0 atom stereocenters. The van der Waals surface area contributed by atoms with Gasteiger partial charge < -0.3 is 10.5 Å². The van der Waals surface area contributed by atoms with E-state index in [-0.39, 0.29) is 0 Å². The molecule has 0 amide bonds. The fourth-order valence-electron chi connectivity index (χ4n) is 1.55. The van der Waals surface area contributed by atoms with Crippen LogP contribution in [0.15, 0.2) is 18.2 Å². The van der Waals surface area contributed by atoms with Crippen molar-refractivity contribution in [2.24, 2.45) is 0 Å². The zero-order valence-electron chi connectivity index (χ0n) is 8.63. The van der Waals surface area contributed by atoms with Crippen molar-refractivity contribution in [1.82, 2.24) is 4.98 Å². The Hall–Kier alpha value is -1.03. The van der Waals surface area contributed by atoms with Crippen molar-refractivity contribution in [3.05, 3.63) is 33.9 Å². The van der Waals surface area contributed by atoms with Gasteiger partial charge in [-0.1, -0.05) is 23.2 Å². The Bertz CT molecular complexity index is 543. The topological polar surface area (TPSA) is 48.1 Å². The number of anilines is 1. The summed E-state index contributed by atoms with van der Waals surface area (Å²) >= 11 is 12.0. The molecule has 5 heteroatoms. The number of rotatable bonds is 2. The van der Waals surface area contributed by atoms with Crippen molar-refractivity contribution in [2.45, 2.75) is 6.61 Å². The summed E-state index contributed by atoms with van der Waals surface area (Å²) in [5, 5.41) is 1.80. The molecule has 2 N–H and O–H groups in total. The summed E-state index contributed by atoms with van der Waals surface area (Å²) in [5.74, 6) is 0. The van der Waals surface area contributed by atoms with Gasteiger partial charge in [0.15, 0.2) is 0 Å². The lowest BCUT2D eigenvalue weighted by molar-refractivity contribution is 0.182. The second-order valence-corrected chi connectivity index (χ2v) is 4.26. The van der Waals surface area contributed by atoms with Crippen molar-refractivity contribution >= 4 is 39.8 Å². The molecule has 1 heterocycles. The van der Waals surface area contributed by atoms with Gasteiger partial charge in [0.25, 0.3) is 0 Å². The quantitative estimate of drug-likeness (QED) is 0.898. The van der Waals surface area contributed by atoms with Crippen LogP contribution in [0, 0.1) is 0 Å². The number of fused-ring (bicyclic) bond motifs is 1. The van der Waals surface area contributed by atoms with Gasteiger partial charge in [-0.15, -0.1) is 0 Å². The Kier molecular flexibility index (Phi) is 3.19. The van der Waals surface area contributed by atoms with E-state index in [0.29, 0.717) is 27.9 Å². The van der Waals surface area contributed by atoms with E-state index in [1.807, 2.05) is 0 Å². The number of nitrogens with zero attached hydrogens (tertiary/aromatic N) is 1. The number of nitrogen functional groups attached to an aromatic ring is 1. The minimum absolute atomic E-state index is 0.402. The van der Waals surface area contributed by atoms with Crippen molar-refractivity contribution < 1.29 is 4.74 Å². The fraction of sp³-hybridized carbons (Fsp3) is 0.182. The Labute approximate surface area is 103 Å². The van der Waals surface area contributed by atoms with E-state index in [1.165, 1.54) is 0 Å². The van der Waals surface area contributed by atoms with Crippen LogP contribution in [0.3, 0.4) is 0 Å². The van der Waals surface area contributed by atoms with Crippen molar-refractivity contribution in [1.29, 1.82) is 0 Å². The Morgan fingerprint density at radius 3 is 2.75 bits per heavy atom. The summed E-state index contributed by atoms with van der Waals surface area (Å²) in [5.41, 5.74) is 7.91. The highest BCUT2D eigenvalue weighted by Crippen LogP contribution is 2.30. The first-order valence-electron chi connectivity index (χ1n) is 4.65. The van der Waals surface area contributed by atoms with Gasteiger partial charge in [0.05, 0.1) is 22.8 Å². The zero-order valence-corrected chi connectivity index (χ0v) is 10.1. The summed E-state index contributed by atoms with van der Waals surface area (Å²) in [7, 11) is 1.60. The second-order valence-electron chi connectivity index (χ2n) is 3.42. The predicted octanol–water partition coefficient (Wildman–Crippen LogP) is 3.27. The summed E-state index contributed by atoms with van der Waals surface area (Å²) in [6, 6.07) is 5.16. The Balaban J connectivity index is 2.71. The van der Waals surface area contributed by atoms with E-state index >= 15 is 0 Å². The highest BCUT2D eigenvalue weighted by Gasteiger charge is 2.08. The molecule has 0 aliphatic rings. The largest absolute Gasteiger partial charge is 0.398 e. The molecular weight excluding hydrogens is 247 g/mol. The number of pyridine rings is 1. The highest BCUT2D eigenvalue weighted by atomic mass is 35.5. The van der Waals surface area contributed by atoms with Gasteiger partial charge in [-0.3, -0.25) is 0 Å². The molecule has 84 valence electrons. The first-order chi connectivity index (χ1) is 7.61. The van der Waals surface area contributed by atoms with Gasteiger partial charge in [-0.2, -0.15) is 0 Å². The summed E-state index contributed by atoms with van der Waals surface area (Å²) in [4.78, 5) is 4.37. The SMILES string of the molecule is COCc1cc(N)c2cc(Cl)cc(Cl)c2n1. The maximum atomic E-state index is 6.06. The Morgan fingerprint density at radius 2 is 2.06 bits per heavy atom. The molecule has 2 aromatic rings. The maximum absolute atomic E-state index is 6.06. The van der Waals surface area contributed by atoms with Crippen molar-refractivity contribution in [3.8, 4) is 0 Å². The lowest BCUT2D eigenvalue weighted by atomic mass is 10.1. The third-order valence-electron chi connectivity index (χ3n) is 2.21. The molecule has 0 aliphatic carbocycles. The van der Waals surface area contributed by atoms with Crippen LogP contribution in [0.1, 0.15) is 5.69 Å². The average Bonchev–Trinajstić information content (AvgIpc) is 2.20. The molecular formula is C11H10Cl2N2O. The molecule has 1 aromatic carbocycles. The normalized spacial score (nSPS) is 10.9. The van der Waals surface area contributed by atoms with Gasteiger partial charge in [-0.25, -0.2) is 4.98 Å².